The summed E-state index contributed by atoms with van der Waals surface area (Å²) >= 11 is 0. The Morgan fingerprint density at radius 3 is 1.58 bits per heavy atom. The lowest BCUT2D eigenvalue weighted by molar-refractivity contribution is 0.160. The van der Waals surface area contributed by atoms with E-state index in [4.69, 9.17) is 0 Å². The summed E-state index contributed by atoms with van der Waals surface area (Å²) in [5.41, 5.74) is 0.258. The maximum Gasteiger partial charge on any atom is 0.0337 e. The number of hydrogen-bond acceptors (Lipinski definition) is 2. The Morgan fingerprint density at radius 2 is 1.12 bits per heavy atom. The number of unbranched alkanes of at least 4 members (excludes halogenated alkanes) is 7. The van der Waals surface area contributed by atoms with Crippen molar-refractivity contribution in [3.63, 3.8) is 0 Å². The van der Waals surface area contributed by atoms with E-state index >= 15 is 0 Å². The predicted molar refractivity (Wildman–Crippen MR) is 120 cm³/mol. The summed E-state index contributed by atoms with van der Waals surface area (Å²) in [5, 5.41) is 8.05. The van der Waals surface area contributed by atoms with Crippen LogP contribution < -0.4 is 10.6 Å². The summed E-state index contributed by atoms with van der Waals surface area (Å²) in [7, 11) is 0. The standard InChI is InChI=1S/C24H52N2/c1-8-11-14-15-16-17-18-23(25-21(4)5)24(19-12-9-2,20-13-10-3)26-22(6)7/h21-23,25-26H,8-20H2,1-7H3. The van der Waals surface area contributed by atoms with Crippen LogP contribution >= 0.6 is 0 Å². The molecule has 0 heterocycles. The Morgan fingerprint density at radius 1 is 0.615 bits per heavy atom. The van der Waals surface area contributed by atoms with Gasteiger partial charge in [0.15, 0.2) is 0 Å². The van der Waals surface area contributed by atoms with E-state index in [1.807, 2.05) is 0 Å². The van der Waals surface area contributed by atoms with Gasteiger partial charge in [-0.2, -0.15) is 0 Å². The fraction of sp³-hybridized carbons (Fsp3) is 1.00. The predicted octanol–water partition coefficient (Wildman–Crippen LogP) is 7.22. The third-order valence-corrected chi connectivity index (χ3v) is 5.58. The smallest absolute Gasteiger partial charge is 0.0337 e. The zero-order valence-electron chi connectivity index (χ0n) is 19.4. The van der Waals surface area contributed by atoms with E-state index in [-0.39, 0.29) is 5.54 Å². The van der Waals surface area contributed by atoms with E-state index < -0.39 is 0 Å². The van der Waals surface area contributed by atoms with E-state index in [1.165, 1.54) is 83.5 Å². The number of nitrogens with one attached hydrogen (secondary N) is 2. The fourth-order valence-electron chi connectivity index (χ4n) is 4.33. The summed E-state index contributed by atoms with van der Waals surface area (Å²) in [6.45, 7) is 16.2. The van der Waals surface area contributed by atoms with Gasteiger partial charge in [-0.15, -0.1) is 0 Å². The lowest BCUT2D eigenvalue weighted by atomic mass is 9.77. The van der Waals surface area contributed by atoms with Crippen LogP contribution in [0, 0.1) is 0 Å². The molecule has 0 saturated heterocycles. The summed E-state index contributed by atoms with van der Waals surface area (Å²) < 4.78 is 0. The molecule has 0 aliphatic heterocycles. The lowest BCUT2D eigenvalue weighted by Crippen LogP contribution is -2.62. The Balaban J connectivity index is 5.12. The van der Waals surface area contributed by atoms with E-state index in [1.54, 1.807) is 0 Å². The second kappa shape index (κ2) is 15.9. The number of rotatable bonds is 18. The van der Waals surface area contributed by atoms with Crippen LogP contribution in [0.3, 0.4) is 0 Å². The molecule has 26 heavy (non-hydrogen) atoms. The van der Waals surface area contributed by atoms with Crippen molar-refractivity contribution in [2.24, 2.45) is 0 Å². The van der Waals surface area contributed by atoms with Crippen LogP contribution in [0.15, 0.2) is 0 Å². The minimum atomic E-state index is 0.258. The van der Waals surface area contributed by atoms with Crippen molar-refractivity contribution >= 4 is 0 Å². The molecule has 0 radical (unpaired) electrons. The molecule has 0 saturated carbocycles. The van der Waals surface area contributed by atoms with Gasteiger partial charge in [-0.1, -0.05) is 113 Å². The summed E-state index contributed by atoms with van der Waals surface area (Å²) in [4.78, 5) is 0. The van der Waals surface area contributed by atoms with E-state index in [0.29, 0.717) is 18.1 Å². The molecular weight excluding hydrogens is 316 g/mol. The molecular formula is C24H52N2. The Hall–Kier alpha value is -0.0800. The number of hydrogen-bond donors (Lipinski definition) is 2. The monoisotopic (exact) mass is 368 g/mol. The highest BCUT2D eigenvalue weighted by Crippen LogP contribution is 2.30. The van der Waals surface area contributed by atoms with Gasteiger partial charge in [0.05, 0.1) is 0 Å². The summed E-state index contributed by atoms with van der Waals surface area (Å²) in [5.74, 6) is 0. The molecule has 2 nitrogen and oxygen atoms in total. The molecule has 0 fully saturated rings. The van der Waals surface area contributed by atoms with Gasteiger partial charge in [-0.3, -0.25) is 0 Å². The normalized spacial score (nSPS) is 13.7. The molecule has 0 aliphatic carbocycles. The SMILES string of the molecule is CCCCCCCCC(NC(C)C)C(CCCC)(CCCC)NC(C)C. The highest BCUT2D eigenvalue weighted by atomic mass is 15.1. The molecule has 0 aromatic heterocycles. The minimum Gasteiger partial charge on any atom is -0.310 e. The van der Waals surface area contributed by atoms with Crippen molar-refractivity contribution in [3.05, 3.63) is 0 Å². The molecule has 1 atom stereocenters. The van der Waals surface area contributed by atoms with E-state index in [9.17, 15) is 0 Å². The first-order valence-corrected chi connectivity index (χ1v) is 12.0. The minimum absolute atomic E-state index is 0.258. The Labute approximate surface area is 166 Å². The average molecular weight is 369 g/mol. The van der Waals surface area contributed by atoms with Gasteiger partial charge >= 0.3 is 0 Å². The van der Waals surface area contributed by atoms with Gasteiger partial charge in [0.2, 0.25) is 0 Å². The third-order valence-electron chi connectivity index (χ3n) is 5.58. The first-order chi connectivity index (χ1) is 12.4. The molecule has 0 aromatic carbocycles. The van der Waals surface area contributed by atoms with Gasteiger partial charge in [-0.25, -0.2) is 0 Å². The van der Waals surface area contributed by atoms with Gasteiger partial charge in [0, 0.05) is 23.7 Å². The van der Waals surface area contributed by atoms with Crippen LogP contribution in [0.2, 0.25) is 0 Å². The van der Waals surface area contributed by atoms with Gasteiger partial charge in [0.1, 0.15) is 0 Å². The third kappa shape index (κ3) is 11.6. The molecule has 0 rings (SSSR count). The lowest BCUT2D eigenvalue weighted by Gasteiger charge is -2.45. The molecule has 0 aliphatic rings. The van der Waals surface area contributed by atoms with Gasteiger partial charge in [-0.05, 0) is 19.3 Å². The first-order valence-electron chi connectivity index (χ1n) is 12.0. The largest absolute Gasteiger partial charge is 0.310 e. The van der Waals surface area contributed by atoms with Crippen molar-refractivity contribution in [2.45, 2.75) is 156 Å². The molecule has 0 amide bonds. The van der Waals surface area contributed by atoms with Crippen molar-refractivity contribution < 1.29 is 0 Å². The Kier molecular flexibility index (Phi) is 15.9. The molecule has 1 unspecified atom stereocenters. The van der Waals surface area contributed by atoms with Crippen molar-refractivity contribution in [3.8, 4) is 0 Å². The van der Waals surface area contributed by atoms with Crippen LogP contribution in [0.25, 0.3) is 0 Å². The second-order valence-corrected chi connectivity index (χ2v) is 9.09. The van der Waals surface area contributed by atoms with Crippen molar-refractivity contribution in [1.82, 2.24) is 10.6 Å². The van der Waals surface area contributed by atoms with Crippen LogP contribution in [0.5, 0.6) is 0 Å². The molecule has 2 heteroatoms. The van der Waals surface area contributed by atoms with Crippen LogP contribution in [-0.4, -0.2) is 23.7 Å². The Bertz CT molecular complexity index is 291. The first kappa shape index (κ1) is 25.9. The zero-order chi connectivity index (χ0) is 19.8. The summed E-state index contributed by atoms with van der Waals surface area (Å²) in [6.07, 6.45) is 17.5. The molecule has 0 spiro atoms. The molecule has 0 aromatic rings. The second-order valence-electron chi connectivity index (χ2n) is 9.09. The highest BCUT2D eigenvalue weighted by molar-refractivity contribution is 5.00. The van der Waals surface area contributed by atoms with Crippen molar-refractivity contribution in [2.75, 3.05) is 0 Å². The van der Waals surface area contributed by atoms with Crippen LogP contribution in [0.1, 0.15) is 132 Å². The topological polar surface area (TPSA) is 24.1 Å². The van der Waals surface area contributed by atoms with Crippen LogP contribution in [0.4, 0.5) is 0 Å². The zero-order valence-corrected chi connectivity index (χ0v) is 19.4. The van der Waals surface area contributed by atoms with E-state index in [2.05, 4.69) is 59.1 Å². The summed E-state index contributed by atoms with van der Waals surface area (Å²) in [6, 6.07) is 1.69. The van der Waals surface area contributed by atoms with Gasteiger partial charge < -0.3 is 10.6 Å². The molecule has 0 bridgehead atoms. The average Bonchev–Trinajstić information content (AvgIpc) is 2.58. The maximum absolute atomic E-state index is 4.07. The molecule has 158 valence electrons. The highest BCUT2D eigenvalue weighted by Gasteiger charge is 2.37. The fourth-order valence-corrected chi connectivity index (χ4v) is 4.33. The molecule has 2 N–H and O–H groups in total. The van der Waals surface area contributed by atoms with Crippen LogP contribution in [-0.2, 0) is 0 Å². The van der Waals surface area contributed by atoms with E-state index in [0.717, 1.165) is 0 Å². The quantitative estimate of drug-likeness (QED) is 0.249. The van der Waals surface area contributed by atoms with Crippen molar-refractivity contribution in [1.29, 1.82) is 0 Å². The van der Waals surface area contributed by atoms with Gasteiger partial charge in [0.25, 0.3) is 0 Å². The maximum atomic E-state index is 4.07.